The highest BCUT2D eigenvalue weighted by Gasteiger charge is 2.31. The minimum atomic E-state index is -3.56. The third-order valence-electron chi connectivity index (χ3n) is 4.90. The van der Waals surface area contributed by atoms with Crippen molar-refractivity contribution in [3.8, 4) is 11.3 Å². The molecule has 0 aliphatic carbocycles. The standard InChI is InChI=1S/C21H23N3O2S/c25-27(26,24-14-8-3-9-15-24)20-17-23(16-18-10-4-1-5-11-18)22-21(20)19-12-6-2-7-13-19/h1-2,4-7,10-13,17H,3,8-9,14-16H2. The molecule has 1 saturated heterocycles. The summed E-state index contributed by atoms with van der Waals surface area (Å²) in [5, 5.41) is 4.65. The van der Waals surface area contributed by atoms with E-state index in [1.165, 1.54) is 0 Å². The van der Waals surface area contributed by atoms with Crippen molar-refractivity contribution >= 4 is 10.0 Å². The Hall–Kier alpha value is -2.44. The van der Waals surface area contributed by atoms with Crippen LogP contribution in [0.1, 0.15) is 24.8 Å². The molecule has 1 aromatic heterocycles. The fraction of sp³-hybridized carbons (Fsp3) is 0.286. The highest BCUT2D eigenvalue weighted by atomic mass is 32.2. The van der Waals surface area contributed by atoms with Crippen LogP contribution in [0.25, 0.3) is 11.3 Å². The number of aromatic nitrogens is 2. The molecular formula is C21H23N3O2S. The number of benzene rings is 2. The van der Waals surface area contributed by atoms with Crippen molar-refractivity contribution in [2.45, 2.75) is 30.7 Å². The topological polar surface area (TPSA) is 55.2 Å². The maximum Gasteiger partial charge on any atom is 0.246 e. The van der Waals surface area contributed by atoms with Crippen molar-refractivity contribution in [3.05, 3.63) is 72.4 Å². The van der Waals surface area contributed by atoms with Crippen LogP contribution in [0.3, 0.4) is 0 Å². The molecule has 1 fully saturated rings. The summed E-state index contributed by atoms with van der Waals surface area (Å²) in [5.41, 5.74) is 2.43. The van der Waals surface area contributed by atoms with Gasteiger partial charge < -0.3 is 0 Å². The summed E-state index contributed by atoms with van der Waals surface area (Å²) >= 11 is 0. The molecular weight excluding hydrogens is 358 g/mol. The van der Waals surface area contributed by atoms with Gasteiger partial charge in [0.15, 0.2) is 0 Å². The van der Waals surface area contributed by atoms with Crippen LogP contribution in [-0.2, 0) is 16.6 Å². The van der Waals surface area contributed by atoms with E-state index in [2.05, 4.69) is 5.10 Å². The first-order valence-corrected chi connectivity index (χ1v) is 10.8. The second kappa shape index (κ2) is 7.66. The molecule has 0 saturated carbocycles. The lowest BCUT2D eigenvalue weighted by molar-refractivity contribution is 0.346. The first-order chi connectivity index (χ1) is 13.1. The minimum absolute atomic E-state index is 0.298. The van der Waals surface area contributed by atoms with Crippen molar-refractivity contribution < 1.29 is 8.42 Å². The van der Waals surface area contributed by atoms with E-state index in [1.54, 1.807) is 15.2 Å². The van der Waals surface area contributed by atoms with Crippen molar-refractivity contribution in [1.82, 2.24) is 14.1 Å². The molecule has 27 heavy (non-hydrogen) atoms. The van der Waals surface area contributed by atoms with E-state index in [9.17, 15) is 8.42 Å². The molecule has 2 heterocycles. The number of hydrogen-bond donors (Lipinski definition) is 0. The van der Waals surface area contributed by atoms with E-state index in [0.717, 1.165) is 30.4 Å². The van der Waals surface area contributed by atoms with Gasteiger partial charge in [-0.3, -0.25) is 4.68 Å². The first-order valence-electron chi connectivity index (χ1n) is 9.31. The average Bonchev–Trinajstić information content (AvgIpc) is 3.15. The van der Waals surface area contributed by atoms with Gasteiger partial charge in [-0.15, -0.1) is 0 Å². The fourth-order valence-corrected chi connectivity index (χ4v) is 5.16. The van der Waals surface area contributed by atoms with Gasteiger partial charge >= 0.3 is 0 Å². The number of piperidine rings is 1. The average molecular weight is 382 g/mol. The lowest BCUT2D eigenvalue weighted by Gasteiger charge is -2.25. The summed E-state index contributed by atoms with van der Waals surface area (Å²) in [6, 6.07) is 19.5. The van der Waals surface area contributed by atoms with Crippen LogP contribution in [0.5, 0.6) is 0 Å². The molecule has 0 spiro atoms. The van der Waals surface area contributed by atoms with Gasteiger partial charge in [0.05, 0.1) is 6.54 Å². The Labute approximate surface area is 160 Å². The molecule has 140 valence electrons. The Morgan fingerprint density at radius 3 is 2.15 bits per heavy atom. The largest absolute Gasteiger partial charge is 0.266 e. The molecule has 5 nitrogen and oxygen atoms in total. The predicted molar refractivity (Wildman–Crippen MR) is 106 cm³/mol. The summed E-state index contributed by atoms with van der Waals surface area (Å²) in [7, 11) is -3.56. The van der Waals surface area contributed by atoms with Crippen LogP contribution in [0.4, 0.5) is 0 Å². The molecule has 0 bridgehead atoms. The molecule has 0 N–H and O–H groups in total. The minimum Gasteiger partial charge on any atom is -0.266 e. The summed E-state index contributed by atoms with van der Waals surface area (Å²) in [6.45, 7) is 1.71. The predicted octanol–water partition coefficient (Wildman–Crippen LogP) is 3.77. The lowest BCUT2D eigenvalue weighted by Crippen LogP contribution is -2.35. The van der Waals surface area contributed by atoms with E-state index >= 15 is 0 Å². The second-order valence-corrected chi connectivity index (χ2v) is 8.76. The Bertz CT molecular complexity index is 992. The molecule has 4 rings (SSSR count). The number of rotatable bonds is 5. The Kier molecular flexibility index (Phi) is 5.09. The van der Waals surface area contributed by atoms with E-state index in [1.807, 2.05) is 60.7 Å². The molecule has 2 aromatic carbocycles. The quantitative estimate of drug-likeness (QED) is 0.676. The first kappa shape index (κ1) is 17.9. The summed E-state index contributed by atoms with van der Waals surface area (Å²) in [4.78, 5) is 0.298. The van der Waals surface area contributed by atoms with Gasteiger partial charge in [-0.1, -0.05) is 67.1 Å². The van der Waals surface area contributed by atoms with Crippen molar-refractivity contribution in [1.29, 1.82) is 0 Å². The highest BCUT2D eigenvalue weighted by Crippen LogP contribution is 2.30. The molecule has 3 aromatic rings. The molecule has 1 aliphatic rings. The molecule has 1 aliphatic heterocycles. The Balaban J connectivity index is 1.76. The van der Waals surface area contributed by atoms with Crippen LogP contribution in [0.15, 0.2) is 71.8 Å². The van der Waals surface area contributed by atoms with Crippen molar-refractivity contribution in [3.63, 3.8) is 0 Å². The fourth-order valence-electron chi connectivity index (χ4n) is 3.48. The maximum absolute atomic E-state index is 13.3. The van der Waals surface area contributed by atoms with E-state index in [-0.39, 0.29) is 0 Å². The summed E-state index contributed by atoms with van der Waals surface area (Å²) < 4.78 is 30.0. The smallest absolute Gasteiger partial charge is 0.246 e. The number of nitrogens with zero attached hydrogens (tertiary/aromatic N) is 3. The van der Waals surface area contributed by atoms with Gasteiger partial charge in [0.25, 0.3) is 0 Å². The van der Waals surface area contributed by atoms with Crippen LogP contribution < -0.4 is 0 Å². The third-order valence-corrected chi connectivity index (χ3v) is 6.80. The summed E-state index contributed by atoms with van der Waals surface area (Å²) in [5.74, 6) is 0. The van der Waals surface area contributed by atoms with E-state index < -0.39 is 10.0 Å². The normalized spacial score (nSPS) is 15.7. The zero-order valence-corrected chi connectivity index (χ0v) is 16.0. The maximum atomic E-state index is 13.3. The third kappa shape index (κ3) is 3.82. The van der Waals surface area contributed by atoms with Gasteiger partial charge in [-0.25, -0.2) is 8.42 Å². The lowest BCUT2D eigenvalue weighted by atomic mass is 10.2. The van der Waals surface area contributed by atoms with Crippen LogP contribution in [-0.4, -0.2) is 35.6 Å². The van der Waals surface area contributed by atoms with Gasteiger partial charge in [0.1, 0.15) is 10.6 Å². The van der Waals surface area contributed by atoms with E-state index in [4.69, 9.17) is 0 Å². The summed E-state index contributed by atoms with van der Waals surface area (Å²) in [6.07, 6.45) is 4.60. The second-order valence-electron chi connectivity index (χ2n) is 6.86. The van der Waals surface area contributed by atoms with Crippen molar-refractivity contribution in [2.75, 3.05) is 13.1 Å². The Morgan fingerprint density at radius 1 is 0.852 bits per heavy atom. The molecule has 0 atom stereocenters. The highest BCUT2D eigenvalue weighted by molar-refractivity contribution is 7.89. The SMILES string of the molecule is O=S(=O)(c1cn(Cc2ccccc2)nc1-c1ccccc1)N1CCCCC1. The van der Waals surface area contributed by atoms with E-state index in [0.29, 0.717) is 30.2 Å². The van der Waals surface area contributed by atoms with Crippen LogP contribution >= 0.6 is 0 Å². The van der Waals surface area contributed by atoms with Crippen molar-refractivity contribution in [2.24, 2.45) is 0 Å². The monoisotopic (exact) mass is 381 g/mol. The van der Waals surface area contributed by atoms with Gasteiger partial charge in [-0.05, 0) is 18.4 Å². The zero-order valence-electron chi connectivity index (χ0n) is 15.2. The molecule has 0 radical (unpaired) electrons. The molecule has 6 heteroatoms. The van der Waals surface area contributed by atoms with Gasteiger partial charge in [-0.2, -0.15) is 9.40 Å². The number of hydrogen-bond acceptors (Lipinski definition) is 3. The molecule has 0 amide bonds. The van der Waals surface area contributed by atoms with Gasteiger partial charge in [0.2, 0.25) is 10.0 Å². The molecule has 0 unspecified atom stereocenters. The Morgan fingerprint density at radius 2 is 1.48 bits per heavy atom. The number of sulfonamides is 1. The zero-order chi connectivity index (χ0) is 18.7. The van der Waals surface area contributed by atoms with Gasteiger partial charge in [0, 0.05) is 24.8 Å². The van der Waals surface area contributed by atoms with Crippen LogP contribution in [0, 0.1) is 0 Å². The van der Waals surface area contributed by atoms with Crippen LogP contribution in [0.2, 0.25) is 0 Å².